The van der Waals surface area contributed by atoms with E-state index in [9.17, 15) is 0 Å². The van der Waals surface area contributed by atoms with Crippen LogP contribution in [-0.4, -0.2) is 22.1 Å². The summed E-state index contributed by atoms with van der Waals surface area (Å²) in [5, 5.41) is 11.7. The molecule has 5 nitrogen and oxygen atoms in total. The van der Waals surface area contributed by atoms with E-state index in [0.29, 0.717) is 6.54 Å². The van der Waals surface area contributed by atoms with Crippen molar-refractivity contribution in [3.8, 4) is 5.75 Å². The molecule has 2 rings (SSSR count). The van der Waals surface area contributed by atoms with Crippen molar-refractivity contribution in [1.82, 2.24) is 15.0 Å². The van der Waals surface area contributed by atoms with E-state index in [4.69, 9.17) is 4.74 Å². The number of nitrogens with one attached hydrogen (secondary N) is 1. The number of rotatable bonds is 4. The van der Waals surface area contributed by atoms with Crippen molar-refractivity contribution < 1.29 is 4.74 Å². The van der Waals surface area contributed by atoms with Gasteiger partial charge in [0.2, 0.25) is 0 Å². The number of ether oxygens (including phenoxy) is 1. The first-order valence-corrected chi connectivity index (χ1v) is 6.70. The first kappa shape index (κ1) is 14.4. The number of aryl methyl sites for hydroxylation is 1. The summed E-state index contributed by atoms with van der Waals surface area (Å²) in [4.78, 5) is 0. The molecule has 20 heavy (non-hydrogen) atoms. The van der Waals surface area contributed by atoms with Crippen LogP contribution in [0.5, 0.6) is 5.75 Å². The molecule has 0 aliphatic rings. The lowest BCUT2D eigenvalue weighted by Gasteiger charge is -2.17. The second-order valence-electron chi connectivity index (χ2n) is 5.86. The molecule has 1 N–H and O–H groups in total. The molecule has 0 saturated heterocycles. The van der Waals surface area contributed by atoms with Crippen molar-refractivity contribution in [3.05, 3.63) is 35.7 Å². The summed E-state index contributed by atoms with van der Waals surface area (Å²) >= 11 is 0. The molecule has 0 atom stereocenters. The maximum atomic E-state index is 5.25. The van der Waals surface area contributed by atoms with Gasteiger partial charge < -0.3 is 10.1 Å². The van der Waals surface area contributed by atoms with Crippen LogP contribution in [-0.2, 0) is 12.1 Å². The van der Waals surface area contributed by atoms with Crippen molar-refractivity contribution in [2.75, 3.05) is 12.4 Å². The third-order valence-corrected chi connectivity index (χ3v) is 3.10. The predicted octanol–water partition coefficient (Wildman–Crippen LogP) is 2.96. The van der Waals surface area contributed by atoms with Gasteiger partial charge in [-0.15, -0.1) is 5.10 Å². The minimum atomic E-state index is -0.0397. The molecule has 108 valence electrons. The van der Waals surface area contributed by atoms with Crippen LogP contribution in [0, 0.1) is 6.92 Å². The Morgan fingerprint density at radius 1 is 1.30 bits per heavy atom. The van der Waals surface area contributed by atoms with Crippen LogP contribution in [0.4, 0.5) is 5.69 Å². The average molecular weight is 274 g/mol. The molecule has 0 fully saturated rings. The molecule has 1 heterocycles. The zero-order valence-electron chi connectivity index (χ0n) is 12.8. The first-order chi connectivity index (χ1) is 9.40. The van der Waals surface area contributed by atoms with Crippen LogP contribution in [0.2, 0.25) is 0 Å². The van der Waals surface area contributed by atoms with Gasteiger partial charge in [0.1, 0.15) is 11.4 Å². The van der Waals surface area contributed by atoms with Crippen LogP contribution >= 0.6 is 0 Å². The highest BCUT2D eigenvalue weighted by atomic mass is 16.5. The molecule has 1 aromatic heterocycles. The molecular weight excluding hydrogens is 252 g/mol. The van der Waals surface area contributed by atoms with Crippen LogP contribution in [0.25, 0.3) is 0 Å². The second-order valence-corrected chi connectivity index (χ2v) is 5.86. The normalized spacial score (nSPS) is 11.4. The Morgan fingerprint density at radius 2 is 2.05 bits per heavy atom. The number of methoxy groups -OCH3 is 1. The maximum Gasteiger partial charge on any atom is 0.121 e. The quantitative estimate of drug-likeness (QED) is 0.931. The molecule has 0 unspecified atom stereocenters. The van der Waals surface area contributed by atoms with Crippen molar-refractivity contribution in [3.63, 3.8) is 0 Å². The minimum absolute atomic E-state index is 0.0397. The van der Waals surface area contributed by atoms with E-state index >= 15 is 0 Å². The highest BCUT2D eigenvalue weighted by molar-refractivity contribution is 5.50. The van der Waals surface area contributed by atoms with E-state index in [2.05, 4.69) is 42.5 Å². The first-order valence-electron chi connectivity index (χ1n) is 6.70. The zero-order valence-corrected chi connectivity index (χ0v) is 12.8. The fourth-order valence-corrected chi connectivity index (χ4v) is 1.89. The summed E-state index contributed by atoms with van der Waals surface area (Å²) < 4.78 is 7.13. The van der Waals surface area contributed by atoms with Crippen molar-refractivity contribution in [2.24, 2.45) is 0 Å². The van der Waals surface area contributed by atoms with Gasteiger partial charge in [0.15, 0.2) is 0 Å². The number of benzene rings is 1. The molecule has 5 heteroatoms. The minimum Gasteiger partial charge on any atom is -0.496 e. The molecule has 1 aromatic carbocycles. The Bertz CT molecular complexity index is 584. The smallest absolute Gasteiger partial charge is 0.121 e. The van der Waals surface area contributed by atoms with Gasteiger partial charge in [-0.05, 0) is 51.5 Å². The molecule has 0 aliphatic carbocycles. The van der Waals surface area contributed by atoms with Gasteiger partial charge in [0, 0.05) is 5.69 Å². The summed E-state index contributed by atoms with van der Waals surface area (Å²) in [6.07, 6.45) is 1.98. The molecule has 2 aromatic rings. The molecule has 0 saturated carbocycles. The Balaban J connectivity index is 2.02. The molecular formula is C15H22N4O. The van der Waals surface area contributed by atoms with E-state index in [1.54, 1.807) is 7.11 Å². The second kappa shape index (κ2) is 5.53. The third kappa shape index (κ3) is 3.29. The lowest BCUT2D eigenvalue weighted by Crippen LogP contribution is -2.22. The van der Waals surface area contributed by atoms with E-state index < -0.39 is 0 Å². The number of nitrogens with zero attached hydrogens (tertiary/aromatic N) is 3. The van der Waals surface area contributed by atoms with Crippen LogP contribution in [0.1, 0.15) is 32.0 Å². The average Bonchev–Trinajstić information content (AvgIpc) is 2.85. The van der Waals surface area contributed by atoms with Crippen LogP contribution in [0.15, 0.2) is 24.4 Å². The highest BCUT2D eigenvalue weighted by Crippen LogP contribution is 2.21. The largest absolute Gasteiger partial charge is 0.496 e. The fourth-order valence-electron chi connectivity index (χ4n) is 1.89. The highest BCUT2D eigenvalue weighted by Gasteiger charge is 2.14. The lowest BCUT2D eigenvalue weighted by atomic mass is 10.1. The third-order valence-electron chi connectivity index (χ3n) is 3.10. The Kier molecular flexibility index (Phi) is 3.97. The summed E-state index contributed by atoms with van der Waals surface area (Å²) in [5.41, 5.74) is 3.04. The number of aromatic nitrogens is 3. The van der Waals surface area contributed by atoms with Gasteiger partial charge in [0.05, 0.1) is 25.4 Å². The van der Waals surface area contributed by atoms with Gasteiger partial charge in [-0.2, -0.15) is 0 Å². The van der Waals surface area contributed by atoms with Gasteiger partial charge in [-0.25, -0.2) is 4.68 Å². The van der Waals surface area contributed by atoms with Gasteiger partial charge in [-0.3, -0.25) is 0 Å². The lowest BCUT2D eigenvalue weighted by molar-refractivity contribution is 0.347. The standard InChI is InChI=1S/C15H22N4O/c1-11-8-12(6-7-14(11)20-5)16-9-13-10-19(18-17-13)15(2,3)4/h6-8,10,16H,9H2,1-5H3. The maximum absolute atomic E-state index is 5.25. The zero-order chi connectivity index (χ0) is 14.8. The molecule has 0 amide bonds. The van der Waals surface area contributed by atoms with E-state index in [0.717, 1.165) is 22.7 Å². The Hall–Kier alpha value is -2.04. The molecule has 0 bridgehead atoms. The number of hydrogen-bond donors (Lipinski definition) is 1. The number of hydrogen-bond acceptors (Lipinski definition) is 4. The van der Waals surface area contributed by atoms with E-state index in [1.807, 2.05) is 29.9 Å². The summed E-state index contributed by atoms with van der Waals surface area (Å²) in [6, 6.07) is 6.02. The van der Waals surface area contributed by atoms with Crippen LogP contribution < -0.4 is 10.1 Å². The monoisotopic (exact) mass is 274 g/mol. The SMILES string of the molecule is COc1ccc(NCc2cn(C(C)(C)C)nn2)cc1C. The van der Waals surface area contributed by atoms with Crippen molar-refractivity contribution in [2.45, 2.75) is 39.8 Å². The van der Waals surface area contributed by atoms with Crippen molar-refractivity contribution >= 4 is 5.69 Å². The topological polar surface area (TPSA) is 52.0 Å². The van der Waals surface area contributed by atoms with Crippen molar-refractivity contribution in [1.29, 1.82) is 0 Å². The van der Waals surface area contributed by atoms with Gasteiger partial charge >= 0.3 is 0 Å². The summed E-state index contributed by atoms with van der Waals surface area (Å²) in [6.45, 7) is 8.99. The van der Waals surface area contributed by atoms with Gasteiger partial charge in [0.25, 0.3) is 0 Å². The fraction of sp³-hybridized carbons (Fsp3) is 0.467. The molecule has 0 spiro atoms. The number of anilines is 1. The van der Waals surface area contributed by atoms with Crippen LogP contribution in [0.3, 0.4) is 0 Å². The summed E-state index contributed by atoms with van der Waals surface area (Å²) in [5.74, 6) is 0.897. The molecule has 0 radical (unpaired) electrons. The predicted molar refractivity (Wildman–Crippen MR) is 80.1 cm³/mol. The summed E-state index contributed by atoms with van der Waals surface area (Å²) in [7, 11) is 1.68. The van der Waals surface area contributed by atoms with E-state index in [1.165, 1.54) is 0 Å². The molecule has 0 aliphatic heterocycles. The Morgan fingerprint density at radius 3 is 2.60 bits per heavy atom. The van der Waals surface area contributed by atoms with Gasteiger partial charge in [-0.1, -0.05) is 5.21 Å². The van der Waals surface area contributed by atoms with E-state index in [-0.39, 0.29) is 5.54 Å². The Labute approximate surface area is 120 Å².